The van der Waals surface area contributed by atoms with Crippen LogP contribution in [0.2, 0.25) is 0 Å². The van der Waals surface area contributed by atoms with E-state index in [0.717, 1.165) is 5.56 Å². The fourth-order valence-corrected chi connectivity index (χ4v) is 3.08. The monoisotopic (exact) mass is 364 g/mol. The fraction of sp³-hybridized carbons (Fsp3) is 0.316. The Balaban J connectivity index is 1.70. The summed E-state index contributed by atoms with van der Waals surface area (Å²) in [6.45, 7) is -1.14. The predicted molar refractivity (Wildman–Crippen MR) is 90.5 cm³/mol. The minimum absolute atomic E-state index is 0.0519. The molecule has 26 heavy (non-hydrogen) atoms. The third-order valence-electron chi connectivity index (χ3n) is 4.30. The van der Waals surface area contributed by atoms with Gasteiger partial charge >= 0.3 is 6.61 Å². The number of hydrogen-bond donors (Lipinski definition) is 1. The Morgan fingerprint density at radius 2 is 2.00 bits per heavy atom. The molecular weight excluding hydrogens is 345 g/mol. The molecule has 0 radical (unpaired) electrons. The lowest BCUT2D eigenvalue weighted by molar-refractivity contribution is -0.133. The number of rotatable bonds is 5. The number of carbonyl (C=O) groups is 1. The van der Waals surface area contributed by atoms with Gasteiger partial charge in [0.1, 0.15) is 11.6 Å². The van der Waals surface area contributed by atoms with Gasteiger partial charge in [-0.3, -0.25) is 4.79 Å². The van der Waals surface area contributed by atoms with Crippen molar-refractivity contribution in [2.24, 2.45) is 0 Å². The Morgan fingerprint density at radius 1 is 1.23 bits per heavy atom. The molecule has 4 nitrogen and oxygen atoms in total. The quantitative estimate of drug-likeness (QED) is 0.886. The van der Waals surface area contributed by atoms with E-state index in [-0.39, 0.29) is 29.9 Å². The van der Waals surface area contributed by atoms with Crippen LogP contribution in [0.25, 0.3) is 0 Å². The van der Waals surface area contributed by atoms with Crippen molar-refractivity contribution < 1.29 is 22.7 Å². The Hall–Kier alpha value is -2.54. The van der Waals surface area contributed by atoms with Crippen molar-refractivity contribution in [2.75, 3.05) is 19.6 Å². The molecule has 1 saturated heterocycles. The molecule has 1 amide bonds. The Kier molecular flexibility index (Phi) is 5.78. The van der Waals surface area contributed by atoms with Gasteiger partial charge in [0, 0.05) is 19.6 Å². The normalized spacial score (nSPS) is 17.4. The van der Waals surface area contributed by atoms with Crippen molar-refractivity contribution >= 4 is 5.91 Å². The number of carbonyl (C=O) groups excluding carboxylic acids is 1. The molecule has 138 valence electrons. The van der Waals surface area contributed by atoms with Crippen LogP contribution in [-0.4, -0.2) is 37.1 Å². The number of benzene rings is 2. The van der Waals surface area contributed by atoms with Crippen LogP contribution in [0.1, 0.15) is 17.2 Å². The molecule has 1 aliphatic rings. The van der Waals surface area contributed by atoms with E-state index >= 15 is 0 Å². The second-order valence-corrected chi connectivity index (χ2v) is 6.06. The summed E-state index contributed by atoms with van der Waals surface area (Å²) in [4.78, 5) is 14.5. The van der Waals surface area contributed by atoms with E-state index in [0.29, 0.717) is 25.2 Å². The zero-order valence-electron chi connectivity index (χ0n) is 14.0. The van der Waals surface area contributed by atoms with Crippen molar-refractivity contribution in [2.45, 2.75) is 19.1 Å². The van der Waals surface area contributed by atoms with Gasteiger partial charge in [0.2, 0.25) is 5.91 Å². The Morgan fingerprint density at radius 3 is 2.69 bits per heavy atom. The predicted octanol–water partition coefficient (Wildman–Crippen LogP) is 3.14. The number of piperazine rings is 1. The van der Waals surface area contributed by atoms with Gasteiger partial charge in [-0.25, -0.2) is 4.39 Å². The Bertz CT molecular complexity index is 753. The first-order valence-corrected chi connectivity index (χ1v) is 8.32. The summed E-state index contributed by atoms with van der Waals surface area (Å²) >= 11 is 0. The summed E-state index contributed by atoms with van der Waals surface area (Å²) < 4.78 is 42.2. The molecule has 0 aromatic heterocycles. The van der Waals surface area contributed by atoms with E-state index in [1.54, 1.807) is 29.2 Å². The van der Waals surface area contributed by atoms with Gasteiger partial charge in [-0.05, 0) is 35.4 Å². The maximum Gasteiger partial charge on any atom is 0.387 e. The molecule has 1 heterocycles. The summed E-state index contributed by atoms with van der Waals surface area (Å²) in [5.74, 6) is -0.380. The average molecular weight is 364 g/mol. The molecule has 1 atom stereocenters. The molecule has 0 bridgehead atoms. The van der Waals surface area contributed by atoms with E-state index in [2.05, 4.69) is 10.1 Å². The van der Waals surface area contributed by atoms with Gasteiger partial charge < -0.3 is 15.0 Å². The van der Waals surface area contributed by atoms with Crippen molar-refractivity contribution in [3.63, 3.8) is 0 Å². The minimum Gasteiger partial charge on any atom is -0.435 e. The number of nitrogens with one attached hydrogen (secondary N) is 1. The van der Waals surface area contributed by atoms with Crippen LogP contribution >= 0.6 is 0 Å². The van der Waals surface area contributed by atoms with Crippen molar-refractivity contribution in [3.05, 3.63) is 65.5 Å². The van der Waals surface area contributed by atoms with E-state index in [1.165, 1.54) is 24.3 Å². The van der Waals surface area contributed by atoms with Crippen molar-refractivity contribution in [1.29, 1.82) is 0 Å². The third kappa shape index (κ3) is 4.54. The second-order valence-electron chi connectivity index (χ2n) is 6.06. The number of alkyl halides is 2. The Labute approximate surface area is 149 Å². The fourth-order valence-electron chi connectivity index (χ4n) is 3.08. The average Bonchev–Trinajstić information content (AvgIpc) is 2.63. The van der Waals surface area contributed by atoms with Gasteiger partial charge in [-0.15, -0.1) is 0 Å². The SMILES string of the molecule is O=C(Cc1ccc(OC(F)F)cc1)N1CCNCC1c1cccc(F)c1. The van der Waals surface area contributed by atoms with Crippen molar-refractivity contribution in [3.8, 4) is 5.75 Å². The van der Waals surface area contributed by atoms with Gasteiger partial charge in [0.15, 0.2) is 0 Å². The van der Waals surface area contributed by atoms with Crippen LogP contribution in [0.15, 0.2) is 48.5 Å². The first-order valence-electron chi connectivity index (χ1n) is 8.32. The molecule has 3 rings (SSSR count). The summed E-state index contributed by atoms with van der Waals surface area (Å²) in [6, 6.07) is 12.0. The van der Waals surface area contributed by atoms with E-state index < -0.39 is 6.61 Å². The molecule has 1 N–H and O–H groups in total. The molecule has 0 spiro atoms. The van der Waals surface area contributed by atoms with Crippen LogP contribution in [0.3, 0.4) is 0 Å². The standard InChI is InChI=1S/C19H19F3N2O2/c20-15-3-1-2-14(11-15)17-12-23-8-9-24(17)18(25)10-13-4-6-16(7-5-13)26-19(21)22/h1-7,11,17,19,23H,8-10,12H2. The highest BCUT2D eigenvalue weighted by molar-refractivity contribution is 5.79. The van der Waals surface area contributed by atoms with Crippen LogP contribution in [-0.2, 0) is 11.2 Å². The lowest BCUT2D eigenvalue weighted by Crippen LogP contribution is -2.49. The van der Waals surface area contributed by atoms with Gasteiger partial charge in [0.25, 0.3) is 0 Å². The van der Waals surface area contributed by atoms with Crippen LogP contribution in [0, 0.1) is 5.82 Å². The lowest BCUT2D eigenvalue weighted by atomic mass is 10.0. The molecular formula is C19H19F3N2O2. The molecule has 1 unspecified atom stereocenters. The van der Waals surface area contributed by atoms with E-state index in [9.17, 15) is 18.0 Å². The maximum absolute atomic E-state index is 13.5. The summed E-state index contributed by atoms with van der Waals surface area (Å²) in [6.07, 6.45) is 0.140. The largest absolute Gasteiger partial charge is 0.435 e. The van der Waals surface area contributed by atoms with Crippen LogP contribution in [0.4, 0.5) is 13.2 Å². The zero-order chi connectivity index (χ0) is 18.5. The number of ether oxygens (including phenoxy) is 1. The van der Waals surface area contributed by atoms with Gasteiger partial charge in [-0.2, -0.15) is 8.78 Å². The number of amides is 1. The number of nitrogens with zero attached hydrogens (tertiary/aromatic N) is 1. The molecule has 2 aromatic carbocycles. The maximum atomic E-state index is 13.5. The highest BCUT2D eigenvalue weighted by atomic mass is 19.3. The number of halogens is 3. The smallest absolute Gasteiger partial charge is 0.387 e. The van der Waals surface area contributed by atoms with Crippen LogP contribution in [0.5, 0.6) is 5.75 Å². The summed E-state index contributed by atoms with van der Waals surface area (Å²) in [5.41, 5.74) is 1.44. The van der Waals surface area contributed by atoms with E-state index in [1.807, 2.05) is 0 Å². The lowest BCUT2D eigenvalue weighted by Gasteiger charge is -2.36. The first-order chi connectivity index (χ1) is 12.5. The van der Waals surface area contributed by atoms with E-state index in [4.69, 9.17) is 0 Å². The van der Waals surface area contributed by atoms with Gasteiger partial charge in [0.05, 0.1) is 12.5 Å². The topological polar surface area (TPSA) is 41.6 Å². The van der Waals surface area contributed by atoms with Crippen molar-refractivity contribution in [1.82, 2.24) is 10.2 Å². The molecule has 7 heteroatoms. The zero-order valence-corrected chi connectivity index (χ0v) is 14.0. The molecule has 1 fully saturated rings. The van der Waals surface area contributed by atoms with Gasteiger partial charge in [-0.1, -0.05) is 24.3 Å². The molecule has 0 aliphatic carbocycles. The molecule has 0 saturated carbocycles. The third-order valence-corrected chi connectivity index (χ3v) is 4.30. The van der Waals surface area contributed by atoms with Crippen LogP contribution < -0.4 is 10.1 Å². The highest BCUT2D eigenvalue weighted by Gasteiger charge is 2.28. The summed E-state index contributed by atoms with van der Waals surface area (Å²) in [5, 5.41) is 3.22. The highest BCUT2D eigenvalue weighted by Crippen LogP contribution is 2.24. The number of hydrogen-bond acceptors (Lipinski definition) is 3. The first kappa shape index (κ1) is 18.3. The second kappa shape index (κ2) is 8.23. The summed E-state index contributed by atoms with van der Waals surface area (Å²) in [7, 11) is 0. The minimum atomic E-state index is -2.88. The molecule has 2 aromatic rings. The molecule has 1 aliphatic heterocycles.